The van der Waals surface area contributed by atoms with E-state index in [1.54, 1.807) is 17.4 Å². The number of hydrogen-bond acceptors (Lipinski definition) is 10. The number of aliphatic hydroxyl groups is 1. The third-order valence-corrected chi connectivity index (χ3v) is 5.74. The molecule has 0 saturated heterocycles. The van der Waals surface area contributed by atoms with Gasteiger partial charge in [-0.25, -0.2) is 14.8 Å². The van der Waals surface area contributed by atoms with Crippen molar-refractivity contribution in [3.63, 3.8) is 0 Å². The lowest BCUT2D eigenvalue weighted by Crippen LogP contribution is -2.09. The van der Waals surface area contributed by atoms with Crippen molar-refractivity contribution in [3.8, 4) is 0 Å². The lowest BCUT2D eigenvalue weighted by atomic mass is 10.2. The SMILES string of the molecule is COC(=O)/C(=C(/O)CSc1nnc(Cc2csc(C)n2)o1)c1nc2ccccc2[nH]1. The highest BCUT2D eigenvalue weighted by atomic mass is 32.2. The molecule has 4 aromatic rings. The number of aryl methyl sites for hydroxylation is 1. The number of nitrogens with one attached hydrogen (secondary N) is 1. The second-order valence-corrected chi connectivity index (χ2v) is 8.19. The average Bonchev–Trinajstić information content (AvgIpc) is 3.46. The van der Waals surface area contributed by atoms with Crippen molar-refractivity contribution in [3.05, 3.63) is 57.8 Å². The summed E-state index contributed by atoms with van der Waals surface area (Å²) < 4.78 is 10.4. The van der Waals surface area contributed by atoms with Crippen molar-refractivity contribution in [1.82, 2.24) is 25.1 Å². The maximum absolute atomic E-state index is 12.3. The highest BCUT2D eigenvalue weighted by Gasteiger charge is 2.23. The lowest BCUT2D eigenvalue weighted by molar-refractivity contribution is -0.133. The minimum absolute atomic E-state index is 0.0267. The summed E-state index contributed by atoms with van der Waals surface area (Å²) in [5.41, 5.74) is 2.23. The van der Waals surface area contributed by atoms with Crippen LogP contribution in [0.2, 0.25) is 0 Å². The minimum atomic E-state index is -0.697. The summed E-state index contributed by atoms with van der Waals surface area (Å²) in [6, 6.07) is 7.32. The highest BCUT2D eigenvalue weighted by Crippen LogP contribution is 2.25. The van der Waals surface area contributed by atoms with Crippen molar-refractivity contribution in [1.29, 1.82) is 0 Å². The van der Waals surface area contributed by atoms with Crippen molar-refractivity contribution in [2.75, 3.05) is 12.9 Å². The van der Waals surface area contributed by atoms with E-state index in [0.29, 0.717) is 17.8 Å². The number of H-pyrrole nitrogens is 1. The fourth-order valence-electron chi connectivity index (χ4n) is 2.74. The van der Waals surface area contributed by atoms with E-state index in [1.807, 2.05) is 30.5 Å². The van der Waals surface area contributed by atoms with E-state index >= 15 is 0 Å². The molecule has 11 heteroatoms. The molecule has 0 unspecified atom stereocenters. The lowest BCUT2D eigenvalue weighted by Gasteiger charge is -2.06. The molecule has 4 rings (SSSR count). The van der Waals surface area contributed by atoms with Crippen LogP contribution < -0.4 is 0 Å². The number of benzene rings is 1. The Morgan fingerprint density at radius 1 is 1.30 bits per heavy atom. The number of aromatic amines is 1. The van der Waals surface area contributed by atoms with Gasteiger partial charge in [-0.2, -0.15) is 0 Å². The number of fused-ring (bicyclic) bond motifs is 1. The number of ether oxygens (including phenoxy) is 1. The van der Waals surface area contributed by atoms with Gasteiger partial charge in [0.15, 0.2) is 0 Å². The number of para-hydroxylation sites is 2. The zero-order valence-electron chi connectivity index (χ0n) is 16.1. The molecule has 0 fully saturated rings. The molecular weight excluding hydrogens is 426 g/mol. The number of esters is 1. The van der Waals surface area contributed by atoms with Crippen LogP contribution in [0.4, 0.5) is 0 Å². The van der Waals surface area contributed by atoms with E-state index in [-0.39, 0.29) is 28.1 Å². The number of thiazole rings is 1. The van der Waals surface area contributed by atoms with Gasteiger partial charge in [0.25, 0.3) is 5.22 Å². The van der Waals surface area contributed by atoms with Crippen LogP contribution in [0.5, 0.6) is 0 Å². The topological polar surface area (TPSA) is 127 Å². The Morgan fingerprint density at radius 3 is 2.87 bits per heavy atom. The Balaban J connectivity index is 1.51. The third kappa shape index (κ3) is 4.36. The van der Waals surface area contributed by atoms with Crippen LogP contribution in [-0.2, 0) is 16.0 Å². The van der Waals surface area contributed by atoms with Crippen molar-refractivity contribution < 1.29 is 19.1 Å². The number of rotatable bonds is 7. The zero-order chi connectivity index (χ0) is 21.1. The summed E-state index contributed by atoms with van der Waals surface area (Å²) in [5, 5.41) is 21.8. The molecule has 0 radical (unpaired) electrons. The number of nitrogens with zero attached hydrogens (tertiary/aromatic N) is 4. The van der Waals surface area contributed by atoms with Gasteiger partial charge in [-0.05, 0) is 19.1 Å². The van der Waals surface area contributed by atoms with Gasteiger partial charge in [0.1, 0.15) is 17.2 Å². The van der Waals surface area contributed by atoms with Crippen LogP contribution in [0.25, 0.3) is 16.6 Å². The summed E-state index contributed by atoms with van der Waals surface area (Å²) in [4.78, 5) is 24.0. The smallest absolute Gasteiger partial charge is 0.345 e. The van der Waals surface area contributed by atoms with Crippen LogP contribution in [-0.4, -0.2) is 49.1 Å². The quantitative estimate of drug-likeness (QED) is 0.191. The molecule has 1 aromatic carbocycles. The molecule has 0 spiro atoms. The molecule has 154 valence electrons. The first-order chi connectivity index (χ1) is 14.5. The number of hydrogen-bond donors (Lipinski definition) is 2. The maximum Gasteiger partial charge on any atom is 0.345 e. The predicted octanol–water partition coefficient (Wildman–Crippen LogP) is 3.54. The van der Waals surface area contributed by atoms with Gasteiger partial charge in [0.2, 0.25) is 5.89 Å². The number of carbonyl (C=O) groups is 1. The molecule has 2 N–H and O–H groups in total. The molecule has 3 heterocycles. The molecule has 0 saturated carbocycles. The Kier molecular flexibility index (Phi) is 5.81. The maximum atomic E-state index is 12.3. The van der Waals surface area contributed by atoms with Gasteiger partial charge in [-0.15, -0.1) is 21.5 Å². The summed E-state index contributed by atoms with van der Waals surface area (Å²) in [6.07, 6.45) is 0.437. The first kappa shape index (κ1) is 20.1. The Labute approximate surface area is 179 Å². The standard InChI is InChI=1S/C19H17N5O4S2/c1-10-20-11(8-29-10)7-15-23-24-19(28-15)30-9-14(25)16(18(26)27-2)17-21-12-5-3-4-6-13(12)22-17/h3-6,8,25H,7,9H2,1-2H3,(H,21,22)/b16-14+. The van der Waals surface area contributed by atoms with Crippen molar-refractivity contribution in [2.45, 2.75) is 18.6 Å². The highest BCUT2D eigenvalue weighted by molar-refractivity contribution is 7.99. The zero-order valence-corrected chi connectivity index (χ0v) is 17.7. The van der Waals surface area contributed by atoms with Crippen molar-refractivity contribution >= 4 is 45.7 Å². The van der Waals surface area contributed by atoms with Gasteiger partial charge in [-0.3, -0.25) is 0 Å². The first-order valence-corrected chi connectivity index (χ1v) is 10.7. The molecule has 0 aliphatic carbocycles. The van der Waals surface area contributed by atoms with E-state index in [2.05, 4.69) is 25.1 Å². The summed E-state index contributed by atoms with van der Waals surface area (Å²) in [6.45, 7) is 1.93. The van der Waals surface area contributed by atoms with Gasteiger partial charge in [0, 0.05) is 5.38 Å². The first-order valence-electron chi connectivity index (χ1n) is 8.85. The summed E-state index contributed by atoms with van der Waals surface area (Å²) in [5.74, 6) is -0.222. The molecule has 0 aliphatic heterocycles. The Morgan fingerprint density at radius 2 is 2.13 bits per heavy atom. The molecular formula is C19H17N5O4S2. The van der Waals surface area contributed by atoms with Gasteiger partial charge in [0.05, 0.1) is 41.0 Å². The van der Waals surface area contributed by atoms with Crippen LogP contribution in [0.1, 0.15) is 22.4 Å². The van der Waals surface area contributed by atoms with Gasteiger partial charge >= 0.3 is 5.97 Å². The fraction of sp³-hybridized carbons (Fsp3) is 0.211. The van der Waals surface area contributed by atoms with E-state index in [0.717, 1.165) is 28.0 Å². The van der Waals surface area contributed by atoms with Crippen LogP contribution in [0, 0.1) is 6.92 Å². The number of carbonyl (C=O) groups excluding carboxylic acids is 1. The van der Waals surface area contributed by atoms with E-state index in [4.69, 9.17) is 9.15 Å². The number of aromatic nitrogens is 5. The molecule has 3 aromatic heterocycles. The van der Waals surface area contributed by atoms with E-state index in [1.165, 1.54) is 7.11 Å². The van der Waals surface area contributed by atoms with Crippen molar-refractivity contribution in [2.24, 2.45) is 0 Å². The number of thioether (sulfide) groups is 1. The normalized spacial score (nSPS) is 12.2. The molecule has 9 nitrogen and oxygen atoms in total. The third-order valence-electron chi connectivity index (χ3n) is 4.08. The van der Waals surface area contributed by atoms with Crippen LogP contribution in [0.15, 0.2) is 45.0 Å². The van der Waals surface area contributed by atoms with E-state index < -0.39 is 5.97 Å². The molecule has 0 bridgehead atoms. The number of imidazole rings is 1. The number of aliphatic hydroxyl groups excluding tert-OH is 1. The molecule has 0 atom stereocenters. The molecule has 0 aliphatic rings. The summed E-state index contributed by atoms with van der Waals surface area (Å²) >= 11 is 2.66. The van der Waals surface area contributed by atoms with E-state index in [9.17, 15) is 9.90 Å². The fourth-order valence-corrected chi connectivity index (χ4v) is 4.01. The second kappa shape index (κ2) is 8.67. The summed E-state index contributed by atoms with van der Waals surface area (Å²) in [7, 11) is 1.25. The molecule has 0 amide bonds. The van der Waals surface area contributed by atoms with Gasteiger partial charge < -0.3 is 19.2 Å². The molecule has 30 heavy (non-hydrogen) atoms. The monoisotopic (exact) mass is 443 g/mol. The Bertz CT molecular complexity index is 1190. The van der Waals surface area contributed by atoms with Crippen LogP contribution in [0.3, 0.4) is 0 Å². The second-order valence-electron chi connectivity index (χ2n) is 6.20. The average molecular weight is 444 g/mol. The Hall–Kier alpha value is -3.18. The minimum Gasteiger partial charge on any atom is -0.510 e. The number of methoxy groups -OCH3 is 1. The van der Waals surface area contributed by atoms with Gasteiger partial charge in [-0.1, -0.05) is 23.9 Å². The largest absolute Gasteiger partial charge is 0.510 e. The van der Waals surface area contributed by atoms with Crippen LogP contribution >= 0.6 is 23.1 Å². The predicted molar refractivity (Wildman–Crippen MR) is 112 cm³/mol.